The molecule has 1 rings (SSSR count). The SMILES string of the molecule is Cc1cc(C)c(OC(=O)CC(=O)OC(CS(=O)(=O)O)(C(F)(F)F)C(F)(F)F)c(C)c1. The van der Waals surface area contributed by atoms with E-state index in [9.17, 15) is 44.3 Å². The molecule has 0 unspecified atom stereocenters. The van der Waals surface area contributed by atoms with E-state index < -0.39 is 52.2 Å². The molecule has 7 nitrogen and oxygen atoms in total. The second-order valence-corrected chi connectivity index (χ2v) is 7.85. The third-order valence-electron chi connectivity index (χ3n) is 3.70. The Morgan fingerprint density at radius 3 is 1.73 bits per heavy atom. The van der Waals surface area contributed by atoms with Crippen LogP contribution in [0.1, 0.15) is 23.1 Å². The zero-order valence-electron chi connectivity index (χ0n) is 15.6. The number of benzene rings is 1. The van der Waals surface area contributed by atoms with Gasteiger partial charge in [0.15, 0.2) is 0 Å². The summed E-state index contributed by atoms with van der Waals surface area (Å²) in [5.74, 6) is -7.00. The van der Waals surface area contributed by atoms with Crippen molar-refractivity contribution >= 4 is 22.1 Å². The van der Waals surface area contributed by atoms with Gasteiger partial charge in [-0.2, -0.15) is 34.8 Å². The molecule has 0 aromatic heterocycles. The van der Waals surface area contributed by atoms with Crippen molar-refractivity contribution in [2.75, 3.05) is 5.75 Å². The van der Waals surface area contributed by atoms with Crippen molar-refractivity contribution in [1.82, 2.24) is 0 Å². The lowest BCUT2D eigenvalue weighted by atomic mass is 10.1. The molecule has 0 atom stereocenters. The molecular formula is C16H16F6O7S. The lowest BCUT2D eigenvalue weighted by molar-refractivity contribution is -0.361. The smallest absolute Gasteiger partial charge is 0.438 e. The highest BCUT2D eigenvalue weighted by atomic mass is 32.2. The third kappa shape index (κ3) is 6.08. The van der Waals surface area contributed by atoms with Crippen LogP contribution in [0.15, 0.2) is 12.1 Å². The maximum Gasteiger partial charge on any atom is 0.438 e. The lowest BCUT2D eigenvalue weighted by Gasteiger charge is -2.35. The van der Waals surface area contributed by atoms with Gasteiger partial charge in [-0.25, -0.2) is 0 Å². The number of aryl methyl sites for hydroxylation is 3. The van der Waals surface area contributed by atoms with Gasteiger partial charge >= 0.3 is 29.9 Å². The molecule has 1 aromatic rings. The fraction of sp³-hybridized carbons (Fsp3) is 0.500. The van der Waals surface area contributed by atoms with Crippen molar-refractivity contribution in [3.05, 3.63) is 28.8 Å². The Labute approximate surface area is 166 Å². The first-order valence-corrected chi connectivity index (χ1v) is 9.49. The van der Waals surface area contributed by atoms with Crippen molar-refractivity contribution < 1.29 is 58.4 Å². The molecule has 0 saturated carbocycles. The molecule has 14 heteroatoms. The summed E-state index contributed by atoms with van der Waals surface area (Å²) in [6.45, 7) is 4.72. The third-order valence-corrected chi connectivity index (χ3v) is 4.47. The maximum atomic E-state index is 13.1. The monoisotopic (exact) mass is 466 g/mol. The molecule has 30 heavy (non-hydrogen) atoms. The molecule has 0 radical (unpaired) electrons. The van der Waals surface area contributed by atoms with Crippen LogP contribution in [0.3, 0.4) is 0 Å². The Balaban J connectivity index is 3.15. The maximum absolute atomic E-state index is 13.1. The molecule has 0 aliphatic heterocycles. The van der Waals surface area contributed by atoms with Crippen LogP contribution >= 0.6 is 0 Å². The number of rotatable bonds is 6. The van der Waals surface area contributed by atoms with Gasteiger partial charge in [0, 0.05) is 0 Å². The van der Waals surface area contributed by atoms with E-state index in [1.165, 1.54) is 13.8 Å². The van der Waals surface area contributed by atoms with Crippen molar-refractivity contribution in [3.8, 4) is 5.75 Å². The Morgan fingerprint density at radius 1 is 0.933 bits per heavy atom. The predicted molar refractivity (Wildman–Crippen MR) is 88.3 cm³/mol. The highest BCUT2D eigenvalue weighted by Gasteiger charge is 2.75. The molecule has 0 aliphatic carbocycles. The largest absolute Gasteiger partial charge is 0.438 e. The van der Waals surface area contributed by atoms with E-state index >= 15 is 0 Å². The van der Waals surface area contributed by atoms with E-state index in [4.69, 9.17) is 9.29 Å². The number of esters is 2. The first-order chi connectivity index (χ1) is 13.3. The molecule has 0 aliphatic rings. The zero-order chi connectivity index (χ0) is 23.7. The summed E-state index contributed by atoms with van der Waals surface area (Å²) in [7, 11) is -5.92. The van der Waals surface area contributed by atoms with E-state index in [0.717, 1.165) is 5.56 Å². The minimum atomic E-state index is -6.48. The van der Waals surface area contributed by atoms with Gasteiger partial charge in [-0.3, -0.25) is 14.1 Å². The average molecular weight is 466 g/mol. The van der Waals surface area contributed by atoms with Gasteiger partial charge in [0.25, 0.3) is 10.1 Å². The Bertz CT molecular complexity index is 897. The molecule has 0 saturated heterocycles. The van der Waals surface area contributed by atoms with Gasteiger partial charge in [-0.05, 0) is 31.9 Å². The summed E-state index contributed by atoms with van der Waals surface area (Å²) in [5, 5.41) is 0. The van der Waals surface area contributed by atoms with Crippen LogP contribution in [0.4, 0.5) is 26.3 Å². The molecule has 0 heterocycles. The Hall–Kier alpha value is -2.35. The number of hydrogen-bond acceptors (Lipinski definition) is 6. The van der Waals surface area contributed by atoms with Crippen molar-refractivity contribution in [2.45, 2.75) is 45.1 Å². The zero-order valence-corrected chi connectivity index (χ0v) is 16.5. The Kier molecular flexibility index (Phi) is 7.20. The van der Waals surface area contributed by atoms with E-state index in [-0.39, 0.29) is 5.75 Å². The van der Waals surface area contributed by atoms with Crippen molar-refractivity contribution in [2.24, 2.45) is 0 Å². The predicted octanol–water partition coefficient (Wildman–Crippen LogP) is 3.20. The number of alkyl halides is 6. The van der Waals surface area contributed by atoms with E-state index in [2.05, 4.69) is 4.74 Å². The summed E-state index contributed by atoms with van der Waals surface area (Å²) in [6.07, 6.45) is -14.7. The molecule has 170 valence electrons. The van der Waals surface area contributed by atoms with E-state index in [0.29, 0.717) is 11.1 Å². The lowest BCUT2D eigenvalue weighted by Crippen LogP contribution is -2.63. The van der Waals surface area contributed by atoms with E-state index in [1.807, 2.05) is 0 Å². The summed E-state index contributed by atoms with van der Waals surface area (Å²) < 4.78 is 117. The minimum Gasteiger partial charge on any atom is -0.438 e. The molecule has 0 bridgehead atoms. The second-order valence-electron chi connectivity index (χ2n) is 6.40. The number of carbonyl (C=O) groups excluding carboxylic acids is 2. The minimum absolute atomic E-state index is 0.0609. The molecule has 0 spiro atoms. The molecular weight excluding hydrogens is 450 g/mol. The van der Waals surface area contributed by atoms with Crippen LogP contribution in [-0.2, 0) is 24.4 Å². The topological polar surface area (TPSA) is 107 Å². The Morgan fingerprint density at radius 2 is 1.37 bits per heavy atom. The highest BCUT2D eigenvalue weighted by Crippen LogP contribution is 2.47. The quantitative estimate of drug-likeness (QED) is 0.226. The van der Waals surface area contributed by atoms with Crippen LogP contribution in [-0.4, -0.2) is 48.6 Å². The number of halogens is 6. The summed E-state index contributed by atoms with van der Waals surface area (Å²) in [6, 6.07) is 3.14. The second kappa shape index (κ2) is 8.41. The molecule has 0 amide bonds. The van der Waals surface area contributed by atoms with Crippen LogP contribution in [0.5, 0.6) is 5.75 Å². The van der Waals surface area contributed by atoms with Gasteiger partial charge in [-0.15, -0.1) is 0 Å². The standard InChI is InChI=1S/C16H16F6O7S/c1-8-4-9(2)13(10(3)5-8)28-11(23)6-12(24)29-14(15(17,18)19,16(20,21)22)7-30(25,26)27/h4-5H,6-7H2,1-3H3,(H,25,26,27). The van der Waals surface area contributed by atoms with Gasteiger partial charge in [-0.1, -0.05) is 17.7 Å². The van der Waals surface area contributed by atoms with Crippen LogP contribution in [0, 0.1) is 20.8 Å². The molecule has 1 aromatic carbocycles. The van der Waals surface area contributed by atoms with Gasteiger partial charge in [0.05, 0.1) is 0 Å². The normalized spacial score (nSPS) is 13.1. The van der Waals surface area contributed by atoms with Crippen molar-refractivity contribution in [3.63, 3.8) is 0 Å². The summed E-state index contributed by atoms with van der Waals surface area (Å²) in [5.41, 5.74) is -4.00. The first-order valence-electron chi connectivity index (χ1n) is 7.88. The fourth-order valence-corrected chi connectivity index (χ4v) is 3.45. The van der Waals surface area contributed by atoms with Gasteiger partial charge in [0.1, 0.15) is 17.9 Å². The van der Waals surface area contributed by atoms with Gasteiger partial charge in [0.2, 0.25) is 0 Å². The van der Waals surface area contributed by atoms with Crippen molar-refractivity contribution in [1.29, 1.82) is 0 Å². The average Bonchev–Trinajstić information content (AvgIpc) is 2.46. The molecule has 1 N–H and O–H groups in total. The number of ether oxygens (including phenoxy) is 2. The van der Waals surface area contributed by atoms with Crippen LogP contribution < -0.4 is 4.74 Å². The summed E-state index contributed by atoms with van der Waals surface area (Å²) in [4.78, 5) is 23.5. The van der Waals surface area contributed by atoms with Gasteiger partial charge < -0.3 is 9.47 Å². The number of hydrogen-bond donors (Lipinski definition) is 1. The van der Waals surface area contributed by atoms with E-state index in [1.54, 1.807) is 19.1 Å². The van der Waals surface area contributed by atoms with Crippen LogP contribution in [0.2, 0.25) is 0 Å². The first kappa shape index (κ1) is 25.7. The summed E-state index contributed by atoms with van der Waals surface area (Å²) >= 11 is 0. The fourth-order valence-electron chi connectivity index (χ4n) is 2.55. The highest BCUT2D eigenvalue weighted by molar-refractivity contribution is 7.85. The number of carbonyl (C=O) groups is 2. The molecule has 0 fully saturated rings. The van der Waals surface area contributed by atoms with Crippen LogP contribution in [0.25, 0.3) is 0 Å².